The van der Waals surface area contributed by atoms with Crippen molar-refractivity contribution in [2.45, 2.75) is 0 Å². The van der Waals surface area contributed by atoms with Crippen molar-refractivity contribution in [1.82, 2.24) is 24.1 Å². The van der Waals surface area contributed by atoms with Crippen molar-refractivity contribution in [2.75, 3.05) is 0 Å². The van der Waals surface area contributed by atoms with Gasteiger partial charge in [0, 0.05) is 53.7 Å². The molecule has 6 heteroatoms. The van der Waals surface area contributed by atoms with Gasteiger partial charge in [0.2, 0.25) is 0 Å². The number of benzene rings is 10. The van der Waals surface area contributed by atoms with Crippen LogP contribution in [0.5, 0.6) is 0 Å². The molecule has 0 unspecified atom stereocenters. The molecule has 4 aromatic heterocycles. The quantitative estimate of drug-likeness (QED) is 0.160. The normalized spacial score (nSPS) is 11.8. The Labute approximate surface area is 401 Å². The maximum atomic E-state index is 5.66. The highest BCUT2D eigenvalue weighted by Gasteiger charge is 2.32. The average molecular weight is 898 g/mol. The molecule has 10 aromatic carbocycles. The first-order valence-electron chi connectivity index (χ1n) is 23.3. The molecule has 0 saturated heterocycles. The van der Waals surface area contributed by atoms with Gasteiger partial charge in [0.1, 0.15) is 0 Å². The van der Waals surface area contributed by atoms with Crippen molar-refractivity contribution < 1.29 is 0 Å². The Hall–Kier alpha value is -8.97. The fraction of sp³-hybridized carbons (Fsp3) is 0. The maximum Gasteiger partial charge on any atom is 0.166 e. The highest BCUT2D eigenvalue weighted by atomic mass is 32.1. The van der Waals surface area contributed by atoms with E-state index in [2.05, 4.69) is 209 Å². The maximum absolute atomic E-state index is 5.66. The Kier molecular flexibility index (Phi) is 9.00. The summed E-state index contributed by atoms with van der Waals surface area (Å²) in [4.78, 5) is 16.6. The van der Waals surface area contributed by atoms with E-state index in [0.29, 0.717) is 17.5 Å². The van der Waals surface area contributed by atoms with Crippen molar-refractivity contribution >= 4 is 75.1 Å². The van der Waals surface area contributed by atoms with Gasteiger partial charge in [-0.05, 0) is 53.1 Å². The molecular formula is C63H39N5S. The minimum Gasteiger partial charge on any atom is -0.306 e. The van der Waals surface area contributed by atoms with Crippen LogP contribution in [-0.2, 0) is 0 Å². The zero-order valence-corrected chi connectivity index (χ0v) is 38.0. The molecule has 0 saturated carbocycles. The van der Waals surface area contributed by atoms with Crippen LogP contribution in [-0.4, -0.2) is 24.1 Å². The molecule has 0 aliphatic rings. The number of hydrogen-bond donors (Lipinski definition) is 0. The van der Waals surface area contributed by atoms with Crippen LogP contribution in [0.3, 0.4) is 0 Å². The molecule has 0 spiro atoms. The second kappa shape index (κ2) is 15.8. The highest BCUT2D eigenvalue weighted by molar-refractivity contribution is 7.26. The Bertz CT molecular complexity index is 4120. The SMILES string of the molecule is c1ccc(-c2ccc3sc4c(-n5c6ccccc6c6ccccc65)c(-n5c6ccccc6c6ccccc65)c(-c5nc(-c6ccccc6)nc(-c6ccccc6)n5)c(-c5ccccc5)c4c3c2)cc1. The van der Waals surface area contributed by atoms with Gasteiger partial charge in [-0.15, -0.1) is 11.3 Å². The smallest absolute Gasteiger partial charge is 0.166 e. The zero-order valence-electron chi connectivity index (χ0n) is 37.2. The van der Waals surface area contributed by atoms with E-state index >= 15 is 0 Å². The summed E-state index contributed by atoms with van der Waals surface area (Å²) in [6.45, 7) is 0. The molecule has 0 N–H and O–H groups in total. The second-order valence-electron chi connectivity index (χ2n) is 17.5. The van der Waals surface area contributed by atoms with Crippen LogP contribution in [0.4, 0.5) is 0 Å². The number of fused-ring (bicyclic) bond motifs is 9. The zero-order chi connectivity index (χ0) is 45.4. The number of nitrogens with zero attached hydrogens (tertiary/aromatic N) is 5. The van der Waals surface area contributed by atoms with Gasteiger partial charge in [0.25, 0.3) is 0 Å². The van der Waals surface area contributed by atoms with Crippen molar-refractivity contribution in [3.8, 4) is 67.8 Å². The van der Waals surface area contributed by atoms with Gasteiger partial charge in [-0.3, -0.25) is 0 Å². The fourth-order valence-electron chi connectivity index (χ4n) is 10.6. The van der Waals surface area contributed by atoms with Crippen molar-refractivity contribution in [1.29, 1.82) is 0 Å². The molecule has 0 atom stereocenters. The lowest BCUT2D eigenvalue weighted by Crippen LogP contribution is -2.10. The number of aromatic nitrogens is 5. The number of hydrogen-bond acceptors (Lipinski definition) is 4. The predicted octanol–water partition coefficient (Wildman–Crippen LogP) is 16.8. The summed E-state index contributed by atoms with van der Waals surface area (Å²) in [7, 11) is 0. The standard InChI is InChI=1S/C63H39N5S/c1-5-21-40(22-6-1)44-37-38-54-49(39-44)56-55(41-23-7-2-8-24-41)57(63-65-61(42-25-9-3-10-26-42)64-62(66-63)43-27-11-4-12-28-43)58(67-50-33-17-13-29-45(50)46-30-14-18-34-51(46)67)59(60(56)69-54)68-52-35-19-15-31-47(52)48-32-16-20-36-53(48)68/h1-39H. The van der Waals surface area contributed by atoms with Gasteiger partial charge >= 0.3 is 0 Å². The van der Waals surface area contributed by atoms with E-state index in [1.54, 1.807) is 0 Å². The Balaban J connectivity index is 1.29. The second-order valence-corrected chi connectivity index (χ2v) is 18.5. The molecule has 4 heterocycles. The van der Waals surface area contributed by atoms with Gasteiger partial charge in [0.05, 0.1) is 43.7 Å². The summed E-state index contributed by atoms with van der Waals surface area (Å²) in [5, 5.41) is 7.04. The largest absolute Gasteiger partial charge is 0.306 e. The van der Waals surface area contributed by atoms with Crippen LogP contribution in [0, 0.1) is 0 Å². The Morgan fingerprint density at radius 2 is 0.681 bits per heavy atom. The first-order valence-corrected chi connectivity index (χ1v) is 24.1. The third kappa shape index (κ3) is 6.20. The third-order valence-electron chi connectivity index (χ3n) is 13.6. The van der Waals surface area contributed by atoms with Gasteiger partial charge in [-0.25, -0.2) is 15.0 Å². The first-order chi connectivity index (χ1) is 34.3. The van der Waals surface area contributed by atoms with Gasteiger partial charge in [0.15, 0.2) is 17.5 Å². The molecule has 69 heavy (non-hydrogen) atoms. The van der Waals surface area contributed by atoms with E-state index in [-0.39, 0.29) is 0 Å². The van der Waals surface area contributed by atoms with Crippen LogP contribution in [0.2, 0.25) is 0 Å². The average Bonchev–Trinajstić information content (AvgIpc) is 4.09. The molecule has 0 fully saturated rings. The minimum absolute atomic E-state index is 0.584. The summed E-state index contributed by atoms with van der Waals surface area (Å²) in [6, 6.07) is 84.5. The van der Waals surface area contributed by atoms with E-state index in [1.165, 1.54) is 41.9 Å². The van der Waals surface area contributed by atoms with Gasteiger partial charge in [-0.2, -0.15) is 0 Å². The van der Waals surface area contributed by atoms with E-state index in [0.717, 1.165) is 72.2 Å². The van der Waals surface area contributed by atoms with E-state index in [1.807, 2.05) is 47.7 Å². The molecule has 0 radical (unpaired) electrons. The molecular weight excluding hydrogens is 859 g/mol. The Morgan fingerprint density at radius 3 is 1.16 bits per heavy atom. The van der Waals surface area contributed by atoms with Crippen LogP contribution in [0.15, 0.2) is 237 Å². The minimum atomic E-state index is 0.584. The highest BCUT2D eigenvalue weighted by Crippen LogP contribution is 2.54. The lowest BCUT2D eigenvalue weighted by molar-refractivity contribution is 1.06. The molecule has 322 valence electrons. The van der Waals surface area contributed by atoms with Crippen molar-refractivity contribution in [3.63, 3.8) is 0 Å². The van der Waals surface area contributed by atoms with Crippen molar-refractivity contribution in [2.24, 2.45) is 0 Å². The predicted molar refractivity (Wildman–Crippen MR) is 289 cm³/mol. The van der Waals surface area contributed by atoms with E-state index < -0.39 is 0 Å². The number of thiophene rings is 1. The molecule has 14 rings (SSSR count). The van der Waals surface area contributed by atoms with Crippen LogP contribution >= 0.6 is 11.3 Å². The van der Waals surface area contributed by atoms with Crippen LogP contribution < -0.4 is 0 Å². The lowest BCUT2D eigenvalue weighted by atomic mass is 9.90. The fourth-order valence-corrected chi connectivity index (χ4v) is 11.8. The summed E-state index contributed by atoms with van der Waals surface area (Å²) in [5.41, 5.74) is 13.7. The summed E-state index contributed by atoms with van der Waals surface area (Å²) < 4.78 is 7.38. The first kappa shape index (κ1) is 39.2. The number of para-hydroxylation sites is 4. The van der Waals surface area contributed by atoms with Gasteiger partial charge in [-0.1, -0.05) is 200 Å². The molecule has 5 nitrogen and oxygen atoms in total. The van der Waals surface area contributed by atoms with E-state index in [9.17, 15) is 0 Å². The van der Waals surface area contributed by atoms with Crippen molar-refractivity contribution in [3.05, 3.63) is 237 Å². The molecule has 0 bridgehead atoms. The van der Waals surface area contributed by atoms with E-state index in [4.69, 9.17) is 15.0 Å². The molecule has 0 aliphatic carbocycles. The Morgan fingerprint density at radius 1 is 0.290 bits per heavy atom. The lowest BCUT2D eigenvalue weighted by Gasteiger charge is -2.25. The monoisotopic (exact) mass is 897 g/mol. The van der Waals surface area contributed by atoms with Crippen LogP contribution in [0.1, 0.15) is 0 Å². The topological polar surface area (TPSA) is 48.5 Å². The van der Waals surface area contributed by atoms with Gasteiger partial charge < -0.3 is 9.13 Å². The van der Waals surface area contributed by atoms with Crippen LogP contribution in [0.25, 0.3) is 132 Å². The summed E-state index contributed by atoms with van der Waals surface area (Å²) in [6.07, 6.45) is 0. The summed E-state index contributed by atoms with van der Waals surface area (Å²) in [5.74, 6) is 1.79. The molecule has 0 amide bonds. The molecule has 14 aromatic rings. The summed E-state index contributed by atoms with van der Waals surface area (Å²) >= 11 is 1.86. The number of rotatable bonds is 7. The third-order valence-corrected chi connectivity index (χ3v) is 14.7. The molecule has 0 aliphatic heterocycles.